The number of hydrogen-bond donors (Lipinski definition) is 0. The Labute approximate surface area is 234 Å². The maximum atomic E-state index is 13.7. The molecular weight excluding hydrogens is 505 g/mol. The van der Waals surface area contributed by atoms with Crippen molar-refractivity contribution in [2.75, 3.05) is 32.8 Å². The molecule has 0 N–H and O–H groups in total. The predicted molar refractivity (Wildman–Crippen MR) is 155 cm³/mol. The average molecular weight is 540 g/mol. The molecule has 3 aromatic carbocycles. The fourth-order valence-electron chi connectivity index (χ4n) is 5.06. The third-order valence-electron chi connectivity index (χ3n) is 7.35. The van der Waals surface area contributed by atoms with E-state index < -0.39 is 0 Å². The summed E-state index contributed by atoms with van der Waals surface area (Å²) in [5.74, 6) is 0.338. The lowest BCUT2D eigenvalue weighted by molar-refractivity contribution is 0.0535. The van der Waals surface area contributed by atoms with Crippen LogP contribution in [-0.2, 0) is 0 Å². The first-order valence-corrected chi connectivity index (χ1v) is 13.8. The molecule has 1 fully saturated rings. The zero-order valence-corrected chi connectivity index (χ0v) is 23.0. The molecule has 0 aliphatic carbocycles. The fourth-order valence-corrected chi connectivity index (χ4v) is 5.06. The molecule has 0 atom stereocenters. The van der Waals surface area contributed by atoms with Gasteiger partial charge in [-0.25, -0.2) is 4.39 Å². The molecule has 40 heavy (non-hydrogen) atoms. The van der Waals surface area contributed by atoms with Gasteiger partial charge in [-0.2, -0.15) is 0 Å². The van der Waals surface area contributed by atoms with Gasteiger partial charge in [0.25, 0.3) is 11.8 Å². The third-order valence-corrected chi connectivity index (χ3v) is 7.35. The lowest BCUT2D eigenvalue weighted by Gasteiger charge is -2.35. The third kappa shape index (κ3) is 5.78. The second-order valence-electron chi connectivity index (χ2n) is 10.0. The van der Waals surface area contributed by atoms with E-state index in [1.165, 1.54) is 12.1 Å². The average Bonchev–Trinajstić information content (AvgIpc) is 3.34. The molecule has 4 aromatic rings. The number of carbonyl (C=O) groups excluding carboxylic acids is 2. The molecule has 1 saturated heterocycles. The molecule has 1 aromatic heterocycles. The van der Waals surface area contributed by atoms with E-state index in [1.54, 1.807) is 34.1 Å². The number of rotatable bonds is 8. The van der Waals surface area contributed by atoms with Crippen molar-refractivity contribution in [3.63, 3.8) is 0 Å². The van der Waals surface area contributed by atoms with Gasteiger partial charge in [-0.05, 0) is 85.6 Å². The van der Waals surface area contributed by atoms with Gasteiger partial charge < -0.3 is 19.1 Å². The molecule has 0 saturated carbocycles. The molecule has 1 aliphatic heterocycles. The molecule has 1 aliphatic rings. The number of piperazine rings is 1. The minimum absolute atomic E-state index is 0.0442. The zero-order chi connectivity index (χ0) is 28.1. The van der Waals surface area contributed by atoms with E-state index in [0.717, 1.165) is 41.2 Å². The Balaban J connectivity index is 1.30. The molecular formula is C33H34FN3O3. The van der Waals surface area contributed by atoms with Crippen LogP contribution in [0.5, 0.6) is 5.75 Å². The molecule has 7 heteroatoms. The maximum absolute atomic E-state index is 13.7. The number of para-hydroxylation sites is 1. The minimum atomic E-state index is -0.307. The van der Waals surface area contributed by atoms with Crippen molar-refractivity contribution < 1.29 is 18.7 Å². The number of hydrogen-bond acceptors (Lipinski definition) is 3. The van der Waals surface area contributed by atoms with E-state index in [9.17, 15) is 14.0 Å². The minimum Gasteiger partial charge on any atom is -0.494 e. The fraction of sp³-hybridized carbons (Fsp3) is 0.273. The number of nitrogens with zero attached hydrogens (tertiary/aromatic N) is 3. The number of ether oxygens (including phenoxy) is 1. The first-order chi connectivity index (χ1) is 19.5. The van der Waals surface area contributed by atoms with Crippen LogP contribution in [-0.4, -0.2) is 59.0 Å². The summed E-state index contributed by atoms with van der Waals surface area (Å²) in [6.45, 7) is 6.54. The summed E-state index contributed by atoms with van der Waals surface area (Å²) in [6.07, 6.45) is 2.06. The summed E-state index contributed by atoms with van der Waals surface area (Å²) in [5.41, 5.74) is 4.60. The Kier molecular flexibility index (Phi) is 8.29. The van der Waals surface area contributed by atoms with E-state index in [-0.39, 0.29) is 17.6 Å². The van der Waals surface area contributed by atoms with Crippen LogP contribution in [0.3, 0.4) is 0 Å². The Morgan fingerprint density at radius 2 is 1.45 bits per heavy atom. The number of amides is 2. The standard InChI is InChI=1S/C33H34FN3O3/c1-3-4-22-40-29-16-12-26(13-17-29)32(38)35-18-20-36(21-19-35)33(39)30-23-31(25-10-14-27(34)15-11-25)37(24(30)2)28-8-6-5-7-9-28/h5-17,23H,3-4,18-22H2,1-2H3. The van der Waals surface area contributed by atoms with Gasteiger partial charge in [-0.1, -0.05) is 31.5 Å². The van der Waals surface area contributed by atoms with Crippen molar-refractivity contribution in [2.45, 2.75) is 26.7 Å². The summed E-state index contributed by atoms with van der Waals surface area (Å²) >= 11 is 0. The molecule has 2 heterocycles. The van der Waals surface area contributed by atoms with Crippen molar-refractivity contribution in [2.24, 2.45) is 0 Å². The molecule has 0 unspecified atom stereocenters. The van der Waals surface area contributed by atoms with Crippen molar-refractivity contribution in [1.82, 2.24) is 14.4 Å². The normalized spacial score (nSPS) is 13.4. The van der Waals surface area contributed by atoms with Crippen molar-refractivity contribution in [1.29, 1.82) is 0 Å². The first kappa shape index (κ1) is 27.2. The van der Waals surface area contributed by atoms with E-state index >= 15 is 0 Å². The van der Waals surface area contributed by atoms with Crippen LogP contribution in [0.4, 0.5) is 4.39 Å². The van der Waals surface area contributed by atoms with Gasteiger partial charge in [0, 0.05) is 43.1 Å². The van der Waals surface area contributed by atoms with Gasteiger partial charge >= 0.3 is 0 Å². The lowest BCUT2D eigenvalue weighted by Crippen LogP contribution is -2.50. The van der Waals surface area contributed by atoms with Gasteiger partial charge in [-0.3, -0.25) is 9.59 Å². The van der Waals surface area contributed by atoms with Crippen molar-refractivity contribution >= 4 is 11.8 Å². The van der Waals surface area contributed by atoms with Crippen molar-refractivity contribution in [3.8, 4) is 22.7 Å². The summed E-state index contributed by atoms with van der Waals surface area (Å²) < 4.78 is 21.4. The van der Waals surface area contributed by atoms with E-state index in [0.29, 0.717) is 43.9 Å². The summed E-state index contributed by atoms with van der Waals surface area (Å²) in [4.78, 5) is 30.4. The van der Waals surface area contributed by atoms with Gasteiger partial charge in [0.2, 0.25) is 0 Å². The number of benzene rings is 3. The summed E-state index contributed by atoms with van der Waals surface area (Å²) in [5, 5.41) is 0. The van der Waals surface area contributed by atoms with Gasteiger partial charge in [-0.15, -0.1) is 0 Å². The highest BCUT2D eigenvalue weighted by Crippen LogP contribution is 2.31. The number of aromatic nitrogens is 1. The first-order valence-electron chi connectivity index (χ1n) is 13.8. The van der Waals surface area contributed by atoms with E-state index in [2.05, 4.69) is 6.92 Å². The Morgan fingerprint density at radius 1 is 0.825 bits per heavy atom. The van der Waals surface area contributed by atoms with Crippen LogP contribution in [0.2, 0.25) is 0 Å². The highest BCUT2D eigenvalue weighted by Gasteiger charge is 2.28. The monoisotopic (exact) mass is 539 g/mol. The highest BCUT2D eigenvalue weighted by molar-refractivity contribution is 5.98. The number of carbonyl (C=O) groups is 2. The largest absolute Gasteiger partial charge is 0.494 e. The molecule has 0 bridgehead atoms. The van der Waals surface area contributed by atoms with E-state index in [4.69, 9.17) is 4.74 Å². The summed E-state index contributed by atoms with van der Waals surface area (Å²) in [6, 6.07) is 25.3. The summed E-state index contributed by atoms with van der Waals surface area (Å²) in [7, 11) is 0. The van der Waals surface area contributed by atoms with Crippen LogP contribution < -0.4 is 4.74 Å². The maximum Gasteiger partial charge on any atom is 0.255 e. The predicted octanol–water partition coefficient (Wildman–Crippen LogP) is 6.37. The lowest BCUT2D eigenvalue weighted by atomic mass is 10.1. The Bertz CT molecular complexity index is 1460. The van der Waals surface area contributed by atoms with Gasteiger partial charge in [0.15, 0.2) is 0 Å². The molecule has 206 valence electrons. The highest BCUT2D eigenvalue weighted by atomic mass is 19.1. The van der Waals surface area contributed by atoms with Crippen LogP contribution in [0.15, 0.2) is 84.9 Å². The van der Waals surface area contributed by atoms with Crippen LogP contribution in [0.1, 0.15) is 46.2 Å². The van der Waals surface area contributed by atoms with Gasteiger partial charge in [0.1, 0.15) is 11.6 Å². The smallest absolute Gasteiger partial charge is 0.255 e. The Hall–Kier alpha value is -4.39. The van der Waals surface area contributed by atoms with Gasteiger partial charge in [0.05, 0.1) is 17.9 Å². The topological polar surface area (TPSA) is 54.8 Å². The van der Waals surface area contributed by atoms with E-state index in [1.807, 2.05) is 60.0 Å². The second kappa shape index (κ2) is 12.2. The second-order valence-corrected chi connectivity index (χ2v) is 10.0. The van der Waals surface area contributed by atoms with Crippen LogP contribution >= 0.6 is 0 Å². The zero-order valence-electron chi connectivity index (χ0n) is 23.0. The molecule has 0 radical (unpaired) electrons. The molecule has 0 spiro atoms. The SMILES string of the molecule is CCCCOc1ccc(C(=O)N2CCN(C(=O)c3cc(-c4ccc(F)cc4)n(-c4ccccc4)c3C)CC2)cc1. The molecule has 5 rings (SSSR count). The molecule has 2 amide bonds. The number of halogens is 1. The van der Waals surface area contributed by atoms with Crippen molar-refractivity contribution in [3.05, 3.63) is 108 Å². The number of unbranched alkanes of at least 4 members (excludes halogenated alkanes) is 1. The quantitative estimate of drug-likeness (QED) is 0.245. The van der Waals surface area contributed by atoms with Crippen LogP contribution in [0, 0.1) is 12.7 Å². The Morgan fingerprint density at radius 3 is 2.08 bits per heavy atom. The molecule has 6 nitrogen and oxygen atoms in total. The van der Waals surface area contributed by atoms with Crippen LogP contribution in [0.25, 0.3) is 16.9 Å².